The highest BCUT2D eigenvalue weighted by Gasteiger charge is 2.25. The van der Waals surface area contributed by atoms with E-state index < -0.39 is 31.3 Å². The van der Waals surface area contributed by atoms with Gasteiger partial charge in [-0.2, -0.15) is 5.10 Å². The van der Waals surface area contributed by atoms with Gasteiger partial charge in [-0.25, -0.2) is 17.5 Å². The average Bonchev–Trinajstić information content (AvgIpc) is 3.09. The van der Waals surface area contributed by atoms with Crippen molar-refractivity contribution >= 4 is 21.4 Å². The Morgan fingerprint density at radius 3 is 2.56 bits per heavy atom. The molecule has 128 valence electrons. The zero-order valence-electron chi connectivity index (χ0n) is 12.5. The fraction of sp³-hybridized carbons (Fsp3) is 0. The molecule has 1 aromatic heterocycles. The van der Waals surface area contributed by atoms with Gasteiger partial charge in [0.05, 0.1) is 10.6 Å². The molecule has 10 heteroatoms. The standard InChI is InChI=1S/C15H11FN4O4S/c16-12-10-11(6-7-13(12)19-9-3-8-17-19)18-25(23,24)15-5-2-1-4-14(15)20(21)22/h1-10,18H. The van der Waals surface area contributed by atoms with Crippen LogP contribution in [0.3, 0.4) is 0 Å². The number of sulfonamides is 1. The zero-order chi connectivity index (χ0) is 18.0. The minimum absolute atomic E-state index is 0.0634. The predicted molar refractivity (Wildman–Crippen MR) is 87.4 cm³/mol. The Hall–Kier alpha value is -3.27. The molecule has 0 aliphatic heterocycles. The molecule has 0 bridgehead atoms. The highest BCUT2D eigenvalue weighted by Crippen LogP contribution is 2.26. The summed E-state index contributed by atoms with van der Waals surface area (Å²) in [4.78, 5) is 9.70. The van der Waals surface area contributed by atoms with E-state index in [4.69, 9.17) is 0 Å². The van der Waals surface area contributed by atoms with E-state index in [1.54, 1.807) is 6.07 Å². The van der Waals surface area contributed by atoms with Crippen molar-refractivity contribution in [3.05, 3.63) is 76.9 Å². The van der Waals surface area contributed by atoms with Crippen molar-refractivity contribution in [2.45, 2.75) is 4.90 Å². The third kappa shape index (κ3) is 3.33. The Labute approximate surface area is 141 Å². The molecule has 0 fully saturated rings. The second-order valence-electron chi connectivity index (χ2n) is 4.95. The lowest BCUT2D eigenvalue weighted by atomic mass is 10.3. The van der Waals surface area contributed by atoms with Gasteiger partial charge < -0.3 is 0 Å². The average molecular weight is 362 g/mol. The third-order valence-corrected chi connectivity index (χ3v) is 4.73. The number of nitro benzene ring substituents is 1. The number of aromatic nitrogens is 2. The molecule has 3 aromatic rings. The molecule has 0 saturated carbocycles. The molecular weight excluding hydrogens is 351 g/mol. The molecule has 0 unspecified atom stereocenters. The molecule has 0 radical (unpaired) electrons. The first-order valence-corrected chi connectivity index (χ1v) is 8.42. The molecule has 1 N–H and O–H groups in total. The first-order chi connectivity index (χ1) is 11.9. The van der Waals surface area contributed by atoms with Crippen LogP contribution in [0.15, 0.2) is 65.8 Å². The van der Waals surface area contributed by atoms with Crippen molar-refractivity contribution in [2.75, 3.05) is 4.72 Å². The minimum Gasteiger partial charge on any atom is -0.279 e. The molecule has 0 saturated heterocycles. The number of nitro groups is 1. The molecule has 0 atom stereocenters. The summed E-state index contributed by atoms with van der Waals surface area (Å²) >= 11 is 0. The Bertz CT molecular complexity index is 1040. The molecule has 0 spiro atoms. The lowest BCUT2D eigenvalue weighted by Crippen LogP contribution is -2.15. The van der Waals surface area contributed by atoms with E-state index in [9.17, 15) is 22.9 Å². The number of halogens is 1. The number of hydrogen-bond donors (Lipinski definition) is 1. The van der Waals surface area contributed by atoms with Crippen molar-refractivity contribution < 1.29 is 17.7 Å². The summed E-state index contributed by atoms with van der Waals surface area (Å²) in [5.74, 6) is -0.702. The van der Waals surface area contributed by atoms with Gasteiger partial charge in [-0.3, -0.25) is 14.8 Å². The second kappa shape index (κ2) is 6.32. The van der Waals surface area contributed by atoms with Crippen molar-refractivity contribution in [2.24, 2.45) is 0 Å². The van der Waals surface area contributed by atoms with Crippen LogP contribution in [0.2, 0.25) is 0 Å². The Kier molecular flexibility index (Phi) is 4.19. The van der Waals surface area contributed by atoms with E-state index in [0.29, 0.717) is 0 Å². The maximum absolute atomic E-state index is 14.2. The number of hydrogen-bond acceptors (Lipinski definition) is 5. The predicted octanol–water partition coefficient (Wildman–Crippen LogP) is 2.72. The van der Waals surface area contributed by atoms with Gasteiger partial charge in [0.25, 0.3) is 15.7 Å². The quantitative estimate of drug-likeness (QED) is 0.555. The van der Waals surface area contributed by atoms with Crippen LogP contribution >= 0.6 is 0 Å². The topological polar surface area (TPSA) is 107 Å². The van der Waals surface area contributed by atoms with Crippen molar-refractivity contribution in [1.82, 2.24) is 9.78 Å². The van der Waals surface area contributed by atoms with E-state index in [0.717, 1.165) is 18.2 Å². The largest absolute Gasteiger partial charge is 0.289 e. The maximum Gasteiger partial charge on any atom is 0.289 e. The fourth-order valence-electron chi connectivity index (χ4n) is 2.21. The van der Waals surface area contributed by atoms with Crippen molar-refractivity contribution in [3.63, 3.8) is 0 Å². The van der Waals surface area contributed by atoms with Gasteiger partial charge in [0.1, 0.15) is 5.69 Å². The summed E-state index contributed by atoms with van der Waals surface area (Å²) in [5, 5.41) is 14.9. The number of nitrogens with one attached hydrogen (secondary N) is 1. The Morgan fingerprint density at radius 2 is 1.92 bits per heavy atom. The van der Waals surface area contributed by atoms with Crippen LogP contribution in [0, 0.1) is 15.9 Å². The normalized spacial score (nSPS) is 11.2. The van der Waals surface area contributed by atoms with E-state index in [-0.39, 0.29) is 11.4 Å². The number of para-hydroxylation sites is 1. The molecule has 3 rings (SSSR count). The summed E-state index contributed by atoms with van der Waals surface area (Å²) in [6, 6.07) is 10.2. The highest BCUT2D eigenvalue weighted by atomic mass is 32.2. The summed E-state index contributed by atoms with van der Waals surface area (Å²) in [7, 11) is -4.25. The van der Waals surface area contributed by atoms with Crippen LogP contribution in [0.1, 0.15) is 0 Å². The van der Waals surface area contributed by atoms with Crippen LogP contribution in [-0.4, -0.2) is 23.1 Å². The second-order valence-corrected chi connectivity index (χ2v) is 6.60. The number of nitrogens with zero attached hydrogens (tertiary/aromatic N) is 3. The zero-order valence-corrected chi connectivity index (χ0v) is 13.4. The lowest BCUT2D eigenvalue weighted by molar-refractivity contribution is -0.387. The Balaban J connectivity index is 1.95. The van der Waals surface area contributed by atoms with Gasteiger partial charge in [-0.15, -0.1) is 0 Å². The summed E-state index contributed by atoms with van der Waals surface area (Å²) in [6.07, 6.45) is 3.01. The van der Waals surface area contributed by atoms with Crippen molar-refractivity contribution in [1.29, 1.82) is 0 Å². The van der Waals surface area contributed by atoms with Gasteiger partial charge in [0, 0.05) is 24.5 Å². The maximum atomic E-state index is 14.2. The van der Waals surface area contributed by atoms with Crippen LogP contribution < -0.4 is 4.72 Å². The molecule has 8 nitrogen and oxygen atoms in total. The van der Waals surface area contributed by atoms with E-state index in [1.165, 1.54) is 41.3 Å². The Morgan fingerprint density at radius 1 is 1.16 bits per heavy atom. The van der Waals surface area contributed by atoms with Crippen LogP contribution in [0.25, 0.3) is 5.69 Å². The summed E-state index contributed by atoms with van der Waals surface area (Å²) in [6.45, 7) is 0. The number of benzene rings is 2. The van der Waals surface area contributed by atoms with Crippen molar-refractivity contribution in [3.8, 4) is 5.69 Å². The fourth-order valence-corrected chi connectivity index (χ4v) is 3.44. The van der Waals surface area contributed by atoms with Gasteiger partial charge in [0.2, 0.25) is 0 Å². The number of anilines is 1. The molecule has 0 aliphatic carbocycles. The van der Waals surface area contributed by atoms with E-state index in [2.05, 4.69) is 9.82 Å². The highest BCUT2D eigenvalue weighted by molar-refractivity contribution is 7.92. The minimum atomic E-state index is -4.25. The number of rotatable bonds is 5. The van der Waals surface area contributed by atoms with E-state index >= 15 is 0 Å². The molecular formula is C15H11FN4O4S. The monoisotopic (exact) mass is 362 g/mol. The van der Waals surface area contributed by atoms with Crippen LogP contribution in [-0.2, 0) is 10.0 Å². The smallest absolute Gasteiger partial charge is 0.279 e. The van der Waals surface area contributed by atoms with Crippen LogP contribution in [0.5, 0.6) is 0 Å². The summed E-state index contributed by atoms with van der Waals surface area (Å²) < 4.78 is 42.4. The van der Waals surface area contributed by atoms with Crippen LogP contribution in [0.4, 0.5) is 15.8 Å². The molecule has 25 heavy (non-hydrogen) atoms. The molecule has 1 heterocycles. The van der Waals surface area contributed by atoms with Gasteiger partial charge in [0.15, 0.2) is 10.7 Å². The first-order valence-electron chi connectivity index (χ1n) is 6.94. The third-order valence-electron chi connectivity index (χ3n) is 3.30. The molecule has 2 aromatic carbocycles. The van der Waals surface area contributed by atoms with E-state index in [1.807, 2.05) is 0 Å². The first kappa shape index (κ1) is 16.6. The SMILES string of the molecule is O=[N+]([O-])c1ccccc1S(=O)(=O)Nc1ccc(-n2cccn2)c(F)c1. The molecule has 0 amide bonds. The van der Waals surface area contributed by atoms with Gasteiger partial charge in [-0.05, 0) is 24.3 Å². The molecule has 0 aliphatic rings. The van der Waals surface area contributed by atoms with Gasteiger partial charge in [-0.1, -0.05) is 12.1 Å². The lowest BCUT2D eigenvalue weighted by Gasteiger charge is -2.10. The van der Waals surface area contributed by atoms with Gasteiger partial charge >= 0.3 is 0 Å². The summed E-state index contributed by atoms with van der Waals surface area (Å²) in [5.41, 5.74) is -0.492.